The van der Waals surface area contributed by atoms with Crippen molar-refractivity contribution in [2.24, 2.45) is 5.92 Å². The van der Waals surface area contributed by atoms with E-state index in [0.29, 0.717) is 24.1 Å². The van der Waals surface area contributed by atoms with Crippen LogP contribution >= 0.6 is 11.3 Å². The topological polar surface area (TPSA) is 79.3 Å². The van der Waals surface area contributed by atoms with Crippen molar-refractivity contribution in [3.05, 3.63) is 52.0 Å². The van der Waals surface area contributed by atoms with E-state index in [1.807, 2.05) is 18.2 Å². The number of hydrogen-bond donors (Lipinski definition) is 2. The maximum absolute atomic E-state index is 12.8. The van der Waals surface area contributed by atoms with Crippen LogP contribution in [-0.4, -0.2) is 59.0 Å². The molecule has 0 bridgehead atoms. The number of aromatic nitrogens is 2. The maximum atomic E-state index is 12.8. The minimum absolute atomic E-state index is 0.0174. The minimum atomic E-state index is -0.250. The molecule has 0 spiro atoms. The Balaban J connectivity index is 1.39. The summed E-state index contributed by atoms with van der Waals surface area (Å²) >= 11 is 1.74. The molecule has 4 rings (SSSR count). The summed E-state index contributed by atoms with van der Waals surface area (Å²) in [6.07, 6.45) is 5.04. The van der Waals surface area contributed by atoms with Gasteiger partial charge in [0.2, 0.25) is 5.91 Å². The summed E-state index contributed by atoms with van der Waals surface area (Å²) in [6, 6.07) is 10.3. The van der Waals surface area contributed by atoms with E-state index < -0.39 is 0 Å². The highest BCUT2D eigenvalue weighted by Gasteiger charge is 2.20. The van der Waals surface area contributed by atoms with Gasteiger partial charge in [0.05, 0.1) is 17.6 Å². The van der Waals surface area contributed by atoms with Gasteiger partial charge in [-0.1, -0.05) is 26.8 Å². The van der Waals surface area contributed by atoms with Gasteiger partial charge in [-0.05, 0) is 80.9 Å². The largest absolute Gasteiger partial charge is 0.354 e. The monoisotopic (exact) mass is 509 g/mol. The van der Waals surface area contributed by atoms with Gasteiger partial charge < -0.3 is 20.1 Å². The van der Waals surface area contributed by atoms with Crippen LogP contribution in [0.2, 0.25) is 0 Å². The number of rotatable bonds is 11. The van der Waals surface area contributed by atoms with E-state index in [-0.39, 0.29) is 18.4 Å². The average molecular weight is 510 g/mol. The normalized spacial score (nSPS) is 15.0. The molecule has 0 saturated carbocycles. The summed E-state index contributed by atoms with van der Waals surface area (Å²) in [5.41, 5.74) is 2.40. The molecule has 1 fully saturated rings. The van der Waals surface area contributed by atoms with E-state index in [4.69, 9.17) is 4.98 Å². The molecule has 1 aromatic carbocycles. The van der Waals surface area contributed by atoms with E-state index in [1.54, 1.807) is 11.3 Å². The van der Waals surface area contributed by atoms with Gasteiger partial charge in [0.25, 0.3) is 5.91 Å². The number of amides is 2. The Hall–Kier alpha value is -2.71. The van der Waals surface area contributed by atoms with Crippen molar-refractivity contribution >= 4 is 34.2 Å². The van der Waals surface area contributed by atoms with Gasteiger partial charge in [0.1, 0.15) is 5.82 Å². The quantitative estimate of drug-likeness (QED) is 0.395. The van der Waals surface area contributed by atoms with Gasteiger partial charge in [-0.15, -0.1) is 11.3 Å². The number of imidazole rings is 1. The lowest BCUT2D eigenvalue weighted by atomic mass is 9.97. The molecule has 0 unspecified atom stereocenters. The summed E-state index contributed by atoms with van der Waals surface area (Å²) < 4.78 is 2.34. The smallest absolute Gasteiger partial charge is 0.251 e. The molecule has 0 aliphatic carbocycles. The third kappa shape index (κ3) is 6.34. The fraction of sp³-hybridized carbons (Fsp3) is 0.536. The summed E-state index contributed by atoms with van der Waals surface area (Å²) in [6.45, 7) is 10.5. The predicted molar refractivity (Wildman–Crippen MR) is 147 cm³/mol. The molecular weight excluding hydrogens is 470 g/mol. The number of piperidine rings is 1. The number of nitrogens with one attached hydrogen (secondary N) is 2. The van der Waals surface area contributed by atoms with Crippen molar-refractivity contribution < 1.29 is 9.59 Å². The summed E-state index contributed by atoms with van der Waals surface area (Å²) in [7, 11) is 0. The van der Waals surface area contributed by atoms with Crippen LogP contribution in [-0.2, 0) is 11.2 Å². The second kappa shape index (κ2) is 12.5. The van der Waals surface area contributed by atoms with Gasteiger partial charge in [-0.3, -0.25) is 9.59 Å². The molecule has 2 N–H and O–H groups in total. The Bertz CT molecular complexity index is 1140. The number of benzene rings is 1. The highest BCUT2D eigenvalue weighted by Crippen LogP contribution is 2.28. The molecule has 1 aliphatic rings. The number of carbonyl (C=O) groups excluding carboxylic acids is 2. The van der Waals surface area contributed by atoms with Crippen molar-refractivity contribution in [3.8, 4) is 0 Å². The average Bonchev–Trinajstić information content (AvgIpc) is 3.55. The minimum Gasteiger partial charge on any atom is -0.354 e. The first-order chi connectivity index (χ1) is 17.5. The van der Waals surface area contributed by atoms with Crippen molar-refractivity contribution in [3.63, 3.8) is 0 Å². The van der Waals surface area contributed by atoms with E-state index in [9.17, 15) is 9.59 Å². The number of fused-ring (bicyclic) bond motifs is 1. The molecule has 3 heterocycles. The Morgan fingerprint density at radius 1 is 1.11 bits per heavy atom. The van der Waals surface area contributed by atoms with Crippen LogP contribution in [0.5, 0.6) is 0 Å². The van der Waals surface area contributed by atoms with Crippen molar-refractivity contribution in [1.82, 2.24) is 25.1 Å². The molecule has 194 valence electrons. The predicted octanol–water partition coefficient (Wildman–Crippen LogP) is 4.63. The first kappa shape index (κ1) is 26.4. The molecule has 1 aliphatic heterocycles. The van der Waals surface area contributed by atoms with Crippen LogP contribution in [0.3, 0.4) is 0 Å². The number of thiophene rings is 1. The molecule has 2 amide bonds. The summed E-state index contributed by atoms with van der Waals surface area (Å²) in [5.74, 6) is 1.16. The summed E-state index contributed by atoms with van der Waals surface area (Å²) in [4.78, 5) is 33.8. The number of nitrogens with zero attached hydrogens (tertiary/aromatic N) is 3. The van der Waals surface area contributed by atoms with Crippen LogP contribution in [0.15, 0.2) is 35.7 Å². The summed E-state index contributed by atoms with van der Waals surface area (Å²) in [5, 5.41) is 7.86. The van der Waals surface area contributed by atoms with Gasteiger partial charge in [0, 0.05) is 29.4 Å². The molecule has 36 heavy (non-hydrogen) atoms. The fourth-order valence-corrected chi connectivity index (χ4v) is 5.84. The zero-order valence-electron chi connectivity index (χ0n) is 21.8. The second-order valence-electron chi connectivity index (χ2n) is 9.69. The van der Waals surface area contributed by atoms with Gasteiger partial charge in [-0.2, -0.15) is 0 Å². The van der Waals surface area contributed by atoms with Crippen LogP contribution in [0.4, 0.5) is 0 Å². The lowest BCUT2D eigenvalue weighted by Gasteiger charge is -2.31. The highest BCUT2D eigenvalue weighted by atomic mass is 32.1. The van der Waals surface area contributed by atoms with Crippen LogP contribution in [0.1, 0.15) is 73.6 Å². The third-order valence-corrected chi connectivity index (χ3v) is 8.27. The zero-order valence-corrected chi connectivity index (χ0v) is 22.6. The molecule has 0 atom stereocenters. The van der Waals surface area contributed by atoms with E-state index in [0.717, 1.165) is 68.6 Å². The van der Waals surface area contributed by atoms with Crippen molar-refractivity contribution in [2.75, 3.05) is 32.7 Å². The van der Waals surface area contributed by atoms with Crippen LogP contribution in [0.25, 0.3) is 11.0 Å². The Morgan fingerprint density at radius 2 is 1.89 bits per heavy atom. The van der Waals surface area contributed by atoms with Crippen molar-refractivity contribution in [2.45, 2.75) is 58.9 Å². The molecule has 2 aromatic heterocycles. The lowest BCUT2D eigenvalue weighted by Crippen LogP contribution is -2.41. The zero-order chi connectivity index (χ0) is 25.5. The first-order valence-corrected chi connectivity index (χ1v) is 14.2. The van der Waals surface area contributed by atoms with Crippen LogP contribution < -0.4 is 10.6 Å². The molecule has 0 radical (unpaired) electrons. The second-order valence-corrected chi connectivity index (χ2v) is 10.7. The van der Waals surface area contributed by atoms with E-state index >= 15 is 0 Å². The SMILES string of the molecule is CCC(CC)n1c(Cc2cccs2)nc2cc(C(=O)NCC(=O)NCC3CCN(CC)CC3)ccc21. The van der Waals surface area contributed by atoms with Gasteiger partial charge in [-0.25, -0.2) is 4.98 Å². The van der Waals surface area contributed by atoms with Crippen molar-refractivity contribution in [1.29, 1.82) is 0 Å². The fourth-order valence-electron chi connectivity index (χ4n) is 5.13. The molecule has 7 nitrogen and oxygen atoms in total. The van der Waals surface area contributed by atoms with Crippen LogP contribution in [0, 0.1) is 5.92 Å². The number of likely N-dealkylation sites (tertiary alicyclic amines) is 1. The first-order valence-electron chi connectivity index (χ1n) is 13.3. The molecule has 3 aromatic rings. The molecule has 8 heteroatoms. The third-order valence-electron chi connectivity index (χ3n) is 7.40. The highest BCUT2D eigenvalue weighted by molar-refractivity contribution is 7.09. The standard InChI is InChI=1S/C28H39N5O2S/c1-4-22(5-2)33-25-10-9-21(16-24(25)31-26(33)17-23-8-7-15-36-23)28(35)30-19-27(34)29-18-20-11-13-32(6-3)14-12-20/h7-10,15-16,20,22H,4-6,11-14,17-19H2,1-3H3,(H,29,34)(H,30,35). The molecule has 1 saturated heterocycles. The van der Waals surface area contributed by atoms with E-state index in [1.165, 1.54) is 4.88 Å². The molecular formula is C28H39N5O2S. The Morgan fingerprint density at radius 3 is 2.56 bits per heavy atom. The lowest BCUT2D eigenvalue weighted by molar-refractivity contribution is -0.120. The number of hydrogen-bond acceptors (Lipinski definition) is 5. The Kier molecular flexibility index (Phi) is 9.15. The maximum Gasteiger partial charge on any atom is 0.251 e. The van der Waals surface area contributed by atoms with Gasteiger partial charge >= 0.3 is 0 Å². The van der Waals surface area contributed by atoms with E-state index in [2.05, 4.69) is 58.4 Å². The van der Waals surface area contributed by atoms with Gasteiger partial charge in [0.15, 0.2) is 0 Å². The Labute approximate surface area is 218 Å². The number of carbonyl (C=O) groups is 2.